The number of carbonyl (C=O) groups is 2. The Morgan fingerprint density at radius 3 is 2.28 bits per heavy atom. The molecule has 1 aromatic rings. The lowest BCUT2D eigenvalue weighted by molar-refractivity contribution is -0.110. The fourth-order valence-electron chi connectivity index (χ4n) is 1.24. The van der Waals surface area contributed by atoms with E-state index in [1.165, 1.54) is 24.3 Å². The van der Waals surface area contributed by atoms with Crippen molar-refractivity contribution in [3.8, 4) is 0 Å². The van der Waals surface area contributed by atoms with E-state index in [0.717, 1.165) is 4.47 Å². The largest absolute Gasteiger partial charge is 0.365 e. The first-order valence-corrected chi connectivity index (χ1v) is 5.89. The predicted molar refractivity (Wildman–Crippen MR) is 70.3 cm³/mol. The molecule has 0 N–H and O–H groups in total. The van der Waals surface area contributed by atoms with Gasteiger partial charge >= 0.3 is 5.97 Å². The van der Waals surface area contributed by atoms with Crippen molar-refractivity contribution in [3.05, 3.63) is 58.6 Å². The molecular weight excluding hydrogens is 298 g/mol. The van der Waals surface area contributed by atoms with Crippen molar-refractivity contribution in [1.82, 2.24) is 0 Å². The molecule has 4 nitrogen and oxygen atoms in total. The van der Waals surface area contributed by atoms with Gasteiger partial charge in [-0.05, 0) is 48.6 Å². The van der Waals surface area contributed by atoms with E-state index in [0.29, 0.717) is 11.3 Å². The van der Waals surface area contributed by atoms with Gasteiger partial charge in [-0.2, -0.15) is 0 Å². The summed E-state index contributed by atoms with van der Waals surface area (Å²) < 4.78 is 0.877. The molecule has 0 unspecified atom stereocenters. The average Bonchev–Trinajstić information content (AvgIpc) is 2.38. The third-order valence-corrected chi connectivity index (χ3v) is 2.68. The molecule has 2 rings (SSSR count). The lowest BCUT2D eigenvalue weighted by Crippen LogP contribution is -2.04. The Morgan fingerprint density at radius 1 is 1.06 bits per heavy atom. The van der Waals surface area contributed by atoms with E-state index in [-0.39, 0.29) is 5.78 Å². The van der Waals surface area contributed by atoms with Crippen molar-refractivity contribution in [2.24, 2.45) is 5.16 Å². The van der Waals surface area contributed by atoms with Gasteiger partial charge < -0.3 is 4.84 Å². The number of allylic oxidation sites excluding steroid dienone is 4. The van der Waals surface area contributed by atoms with Crippen molar-refractivity contribution in [2.75, 3.05) is 0 Å². The summed E-state index contributed by atoms with van der Waals surface area (Å²) in [6.07, 6.45) is 5.67. The normalized spacial score (nSPS) is 13.6. The highest BCUT2D eigenvalue weighted by atomic mass is 79.9. The highest BCUT2D eigenvalue weighted by Gasteiger charge is 2.07. The number of carbonyl (C=O) groups excluding carboxylic acids is 2. The number of nitrogens with zero attached hydrogens (tertiary/aromatic N) is 1. The molecule has 0 heterocycles. The van der Waals surface area contributed by atoms with Gasteiger partial charge in [0.2, 0.25) is 0 Å². The quantitative estimate of drug-likeness (QED) is 0.479. The lowest BCUT2D eigenvalue weighted by Gasteiger charge is -2.00. The number of hydrogen-bond donors (Lipinski definition) is 0. The van der Waals surface area contributed by atoms with Crippen LogP contribution in [0.25, 0.3) is 0 Å². The van der Waals surface area contributed by atoms with E-state index < -0.39 is 5.97 Å². The van der Waals surface area contributed by atoms with E-state index >= 15 is 0 Å². The molecule has 0 atom stereocenters. The SMILES string of the molecule is O=C1C=CC(=NOC(=O)c2ccc(Br)cc2)C=C1. The number of rotatable bonds is 2. The van der Waals surface area contributed by atoms with Gasteiger partial charge in [0.25, 0.3) is 0 Å². The van der Waals surface area contributed by atoms with Crippen LogP contribution in [0.5, 0.6) is 0 Å². The number of oxime groups is 1. The van der Waals surface area contributed by atoms with Crippen LogP contribution in [0.1, 0.15) is 10.4 Å². The molecule has 0 spiro atoms. The molecule has 0 fully saturated rings. The highest BCUT2D eigenvalue weighted by Crippen LogP contribution is 2.11. The maximum atomic E-state index is 11.6. The monoisotopic (exact) mass is 305 g/mol. The zero-order valence-electron chi connectivity index (χ0n) is 9.17. The first-order valence-electron chi connectivity index (χ1n) is 5.10. The van der Waals surface area contributed by atoms with Crippen LogP contribution in [0.2, 0.25) is 0 Å². The van der Waals surface area contributed by atoms with E-state index in [9.17, 15) is 9.59 Å². The van der Waals surface area contributed by atoms with Crippen molar-refractivity contribution < 1.29 is 14.4 Å². The maximum Gasteiger partial charge on any atom is 0.365 e. The molecule has 0 radical (unpaired) electrons. The van der Waals surface area contributed by atoms with Crippen molar-refractivity contribution in [3.63, 3.8) is 0 Å². The van der Waals surface area contributed by atoms with Gasteiger partial charge in [0, 0.05) is 4.47 Å². The Bertz CT molecular complexity index is 552. The molecule has 1 aliphatic carbocycles. The number of benzene rings is 1. The molecular formula is C13H8BrNO3. The molecule has 5 heteroatoms. The standard InChI is InChI=1S/C13H8BrNO3/c14-10-3-1-9(2-4-10)13(17)18-15-11-5-7-12(16)8-6-11/h1-8H. The Balaban J connectivity index is 2.02. The van der Waals surface area contributed by atoms with Gasteiger partial charge in [0.1, 0.15) is 5.71 Å². The van der Waals surface area contributed by atoms with Crippen molar-refractivity contribution >= 4 is 33.4 Å². The third-order valence-electron chi connectivity index (χ3n) is 2.15. The molecule has 0 amide bonds. The second kappa shape index (κ2) is 5.55. The van der Waals surface area contributed by atoms with E-state index in [4.69, 9.17) is 4.84 Å². The topological polar surface area (TPSA) is 55.7 Å². The fourth-order valence-corrected chi connectivity index (χ4v) is 1.50. The summed E-state index contributed by atoms with van der Waals surface area (Å²) in [5.41, 5.74) is 0.822. The summed E-state index contributed by atoms with van der Waals surface area (Å²) in [5, 5.41) is 3.65. The smallest absolute Gasteiger partial charge is 0.312 e. The van der Waals surface area contributed by atoms with Gasteiger partial charge in [-0.3, -0.25) is 4.79 Å². The average molecular weight is 306 g/mol. The first-order chi connectivity index (χ1) is 8.65. The van der Waals surface area contributed by atoms with E-state index in [1.54, 1.807) is 24.3 Å². The van der Waals surface area contributed by atoms with Crippen LogP contribution in [-0.4, -0.2) is 17.5 Å². The molecule has 1 aromatic carbocycles. The summed E-state index contributed by atoms with van der Waals surface area (Å²) in [6.45, 7) is 0. The number of halogens is 1. The second-order valence-corrected chi connectivity index (χ2v) is 4.39. The maximum absolute atomic E-state index is 11.6. The van der Waals surface area contributed by atoms with Gasteiger partial charge in [-0.25, -0.2) is 4.79 Å². The van der Waals surface area contributed by atoms with Crippen LogP contribution < -0.4 is 0 Å². The molecule has 1 aliphatic rings. The highest BCUT2D eigenvalue weighted by molar-refractivity contribution is 9.10. The Kier molecular flexibility index (Phi) is 3.84. The summed E-state index contributed by atoms with van der Waals surface area (Å²) in [5.74, 6) is -0.665. The first kappa shape index (κ1) is 12.4. The molecule has 0 saturated carbocycles. The molecule has 0 saturated heterocycles. The number of ketones is 1. The molecule has 0 bridgehead atoms. The Labute approximate surface area is 112 Å². The van der Waals surface area contributed by atoms with Crippen LogP contribution in [0, 0.1) is 0 Å². The lowest BCUT2D eigenvalue weighted by atomic mass is 10.2. The molecule has 0 aromatic heterocycles. The minimum Gasteiger partial charge on any atom is -0.312 e. The van der Waals surface area contributed by atoms with Crippen molar-refractivity contribution in [1.29, 1.82) is 0 Å². The Morgan fingerprint density at radius 2 is 1.67 bits per heavy atom. The zero-order chi connectivity index (χ0) is 13.0. The van der Waals surface area contributed by atoms with Gasteiger partial charge in [0.15, 0.2) is 5.78 Å². The van der Waals surface area contributed by atoms with E-state index in [2.05, 4.69) is 21.1 Å². The molecule has 90 valence electrons. The van der Waals surface area contributed by atoms with E-state index in [1.807, 2.05) is 0 Å². The fraction of sp³-hybridized carbons (Fsp3) is 0. The molecule has 18 heavy (non-hydrogen) atoms. The van der Waals surface area contributed by atoms with Crippen LogP contribution in [0.4, 0.5) is 0 Å². The van der Waals surface area contributed by atoms with Crippen LogP contribution in [0.15, 0.2) is 58.2 Å². The molecule has 0 aliphatic heterocycles. The zero-order valence-corrected chi connectivity index (χ0v) is 10.8. The minimum atomic E-state index is -0.548. The summed E-state index contributed by atoms with van der Waals surface area (Å²) >= 11 is 3.27. The predicted octanol–water partition coefficient (Wildman–Crippen LogP) is 2.66. The van der Waals surface area contributed by atoms with Crippen LogP contribution in [0.3, 0.4) is 0 Å². The summed E-state index contributed by atoms with van der Waals surface area (Å²) in [6, 6.07) is 6.73. The summed E-state index contributed by atoms with van der Waals surface area (Å²) in [4.78, 5) is 27.2. The third kappa shape index (κ3) is 3.24. The van der Waals surface area contributed by atoms with Crippen molar-refractivity contribution in [2.45, 2.75) is 0 Å². The number of hydrogen-bond acceptors (Lipinski definition) is 4. The van der Waals surface area contributed by atoms with Gasteiger partial charge in [-0.1, -0.05) is 21.1 Å². The second-order valence-electron chi connectivity index (χ2n) is 3.47. The van der Waals surface area contributed by atoms with Crippen LogP contribution >= 0.6 is 15.9 Å². The summed E-state index contributed by atoms with van der Waals surface area (Å²) in [7, 11) is 0. The van der Waals surface area contributed by atoms with Gasteiger partial charge in [0.05, 0.1) is 5.56 Å². The van der Waals surface area contributed by atoms with Crippen LogP contribution in [-0.2, 0) is 9.63 Å². The minimum absolute atomic E-state index is 0.117. The van der Waals surface area contributed by atoms with Gasteiger partial charge in [-0.15, -0.1) is 0 Å². The Hall–Kier alpha value is -2.01.